The normalized spacial score (nSPS) is 18.2. The third-order valence-electron chi connectivity index (χ3n) is 5.27. The van der Waals surface area contributed by atoms with Crippen molar-refractivity contribution in [3.8, 4) is 0 Å². The van der Waals surface area contributed by atoms with E-state index in [-0.39, 0.29) is 5.91 Å². The number of hydrogen-bond donors (Lipinski definition) is 1. The van der Waals surface area contributed by atoms with Crippen LogP contribution in [0.25, 0.3) is 21.1 Å². The minimum Gasteiger partial charge on any atom is -0.397 e. The molecule has 3 aromatic rings. The van der Waals surface area contributed by atoms with Crippen molar-refractivity contribution in [1.82, 2.24) is 9.88 Å². The fourth-order valence-electron chi connectivity index (χ4n) is 3.64. The Balaban J connectivity index is 1.81. The molecule has 1 amide bonds. The topological polar surface area (TPSA) is 59.2 Å². The summed E-state index contributed by atoms with van der Waals surface area (Å²) < 4.78 is 0. The molecule has 1 fully saturated rings. The van der Waals surface area contributed by atoms with E-state index >= 15 is 0 Å². The van der Waals surface area contributed by atoms with Gasteiger partial charge in [0.05, 0.1) is 11.2 Å². The predicted octanol–water partition coefficient (Wildman–Crippen LogP) is 4.52. The zero-order valence-corrected chi connectivity index (χ0v) is 15.7. The molecule has 1 saturated heterocycles. The van der Waals surface area contributed by atoms with E-state index < -0.39 is 0 Å². The first-order valence-electron chi connectivity index (χ1n) is 8.83. The van der Waals surface area contributed by atoms with E-state index in [4.69, 9.17) is 10.7 Å². The molecule has 1 aromatic carbocycles. The highest BCUT2D eigenvalue weighted by Gasteiger charge is 2.26. The van der Waals surface area contributed by atoms with Gasteiger partial charge in [0.15, 0.2) is 0 Å². The van der Waals surface area contributed by atoms with Crippen LogP contribution in [0, 0.1) is 19.8 Å². The van der Waals surface area contributed by atoms with E-state index in [0.29, 0.717) is 16.5 Å². The molecule has 1 aliphatic rings. The lowest BCUT2D eigenvalue weighted by molar-refractivity contribution is 0.0689. The van der Waals surface area contributed by atoms with Gasteiger partial charge in [-0.1, -0.05) is 6.92 Å². The van der Waals surface area contributed by atoms with Crippen molar-refractivity contribution in [2.45, 2.75) is 33.6 Å². The first kappa shape index (κ1) is 16.3. The Labute approximate surface area is 151 Å². The molecular weight excluding hydrogens is 330 g/mol. The molecule has 0 radical (unpaired) electrons. The third-order valence-corrected chi connectivity index (χ3v) is 6.37. The Morgan fingerprint density at radius 3 is 2.80 bits per heavy atom. The van der Waals surface area contributed by atoms with Gasteiger partial charge in [-0.2, -0.15) is 0 Å². The Morgan fingerprint density at radius 2 is 2.04 bits per heavy atom. The zero-order valence-electron chi connectivity index (χ0n) is 14.9. The van der Waals surface area contributed by atoms with Crippen LogP contribution in [0.4, 0.5) is 5.69 Å². The molecule has 2 N–H and O–H groups in total. The van der Waals surface area contributed by atoms with Crippen molar-refractivity contribution in [2.75, 3.05) is 18.8 Å². The number of fused-ring (bicyclic) bond motifs is 2. The highest BCUT2D eigenvalue weighted by molar-refractivity contribution is 7.21. The molecular formula is C20H23N3OS. The van der Waals surface area contributed by atoms with Gasteiger partial charge in [-0.3, -0.25) is 4.79 Å². The third kappa shape index (κ3) is 2.76. The van der Waals surface area contributed by atoms with E-state index in [1.807, 2.05) is 4.90 Å². The Bertz CT molecular complexity index is 992. The predicted molar refractivity (Wildman–Crippen MR) is 105 cm³/mol. The van der Waals surface area contributed by atoms with Crippen LogP contribution < -0.4 is 5.73 Å². The summed E-state index contributed by atoms with van der Waals surface area (Å²) in [6, 6.07) is 6.32. The summed E-state index contributed by atoms with van der Waals surface area (Å²) in [6.45, 7) is 8.04. The summed E-state index contributed by atoms with van der Waals surface area (Å²) in [5.74, 6) is 0.614. The summed E-state index contributed by atoms with van der Waals surface area (Å²) in [6.07, 6.45) is 2.26. The maximum Gasteiger partial charge on any atom is 0.266 e. The standard InChI is InChI=1S/C20H23N3OS/c1-11-5-4-6-23(10-11)20(24)18-17(21)15-9-14-7-12(2)13(3)8-16(14)22-19(15)25-18/h7-9,11H,4-6,10,21H2,1-3H3/t11-/m0/s1. The van der Waals surface area contributed by atoms with Gasteiger partial charge in [0.2, 0.25) is 0 Å². The Kier molecular flexibility index (Phi) is 3.91. The number of carbonyl (C=O) groups is 1. The monoisotopic (exact) mass is 353 g/mol. The summed E-state index contributed by atoms with van der Waals surface area (Å²) in [5.41, 5.74) is 10.4. The fourth-order valence-corrected chi connectivity index (χ4v) is 4.70. The number of anilines is 1. The smallest absolute Gasteiger partial charge is 0.266 e. The number of pyridine rings is 1. The van der Waals surface area contributed by atoms with E-state index in [1.54, 1.807) is 0 Å². The van der Waals surface area contributed by atoms with Crippen LogP contribution in [0.2, 0.25) is 0 Å². The highest BCUT2D eigenvalue weighted by Crippen LogP contribution is 2.36. The number of amides is 1. The van der Waals surface area contributed by atoms with Crippen molar-refractivity contribution in [3.63, 3.8) is 0 Å². The van der Waals surface area contributed by atoms with Crippen molar-refractivity contribution in [3.05, 3.63) is 34.2 Å². The van der Waals surface area contributed by atoms with Crippen LogP contribution in [0.5, 0.6) is 0 Å². The van der Waals surface area contributed by atoms with Gasteiger partial charge < -0.3 is 10.6 Å². The number of aromatic nitrogens is 1. The van der Waals surface area contributed by atoms with Gasteiger partial charge in [0.1, 0.15) is 9.71 Å². The number of nitrogens with zero attached hydrogens (tertiary/aromatic N) is 2. The van der Waals surface area contributed by atoms with Gasteiger partial charge in [-0.15, -0.1) is 11.3 Å². The number of benzene rings is 1. The van der Waals surface area contributed by atoms with Gasteiger partial charge in [0, 0.05) is 23.9 Å². The zero-order chi connectivity index (χ0) is 17.7. The van der Waals surface area contributed by atoms with E-state index in [2.05, 4.69) is 39.0 Å². The van der Waals surface area contributed by atoms with Crippen molar-refractivity contribution < 1.29 is 4.79 Å². The van der Waals surface area contributed by atoms with Crippen LogP contribution in [0.3, 0.4) is 0 Å². The second-order valence-corrected chi connectivity index (χ2v) is 8.31. The lowest BCUT2D eigenvalue weighted by atomic mass is 10.00. The second-order valence-electron chi connectivity index (χ2n) is 7.31. The number of piperidine rings is 1. The van der Waals surface area contributed by atoms with Crippen LogP contribution in [0.1, 0.15) is 40.6 Å². The number of hydrogen-bond acceptors (Lipinski definition) is 4. The molecule has 3 heterocycles. The molecule has 0 saturated carbocycles. The van der Waals surface area contributed by atoms with Crippen molar-refractivity contribution in [1.29, 1.82) is 0 Å². The molecule has 130 valence electrons. The lowest BCUT2D eigenvalue weighted by Gasteiger charge is -2.30. The molecule has 4 nitrogen and oxygen atoms in total. The summed E-state index contributed by atoms with van der Waals surface area (Å²) in [5, 5.41) is 1.97. The van der Waals surface area contributed by atoms with Gasteiger partial charge >= 0.3 is 0 Å². The minimum atomic E-state index is 0.0588. The lowest BCUT2D eigenvalue weighted by Crippen LogP contribution is -2.38. The van der Waals surface area contributed by atoms with Crippen molar-refractivity contribution >= 4 is 44.1 Å². The SMILES string of the molecule is Cc1cc2cc3c(N)c(C(=O)N4CCC[C@H](C)C4)sc3nc2cc1C. The molecule has 1 atom stereocenters. The molecule has 0 bridgehead atoms. The maximum atomic E-state index is 13.0. The molecule has 2 aromatic heterocycles. The molecule has 1 aliphatic heterocycles. The van der Waals surface area contributed by atoms with Crippen LogP contribution in [0.15, 0.2) is 18.2 Å². The van der Waals surface area contributed by atoms with Gasteiger partial charge in [0.25, 0.3) is 5.91 Å². The molecule has 5 heteroatoms. The van der Waals surface area contributed by atoms with E-state index in [0.717, 1.165) is 40.6 Å². The first-order chi connectivity index (χ1) is 11.9. The maximum absolute atomic E-state index is 13.0. The molecule has 25 heavy (non-hydrogen) atoms. The van der Waals surface area contributed by atoms with Crippen LogP contribution >= 0.6 is 11.3 Å². The van der Waals surface area contributed by atoms with E-state index in [1.165, 1.54) is 28.9 Å². The number of rotatable bonds is 1. The molecule has 0 aliphatic carbocycles. The average molecular weight is 353 g/mol. The summed E-state index contributed by atoms with van der Waals surface area (Å²) in [7, 11) is 0. The highest BCUT2D eigenvalue weighted by atomic mass is 32.1. The van der Waals surface area contributed by atoms with E-state index in [9.17, 15) is 4.79 Å². The summed E-state index contributed by atoms with van der Waals surface area (Å²) in [4.78, 5) is 21.2. The largest absolute Gasteiger partial charge is 0.397 e. The number of aryl methyl sites for hydroxylation is 2. The first-order valence-corrected chi connectivity index (χ1v) is 9.65. The fraction of sp³-hybridized carbons (Fsp3) is 0.400. The minimum absolute atomic E-state index is 0.0588. The van der Waals surface area contributed by atoms with Crippen molar-refractivity contribution in [2.24, 2.45) is 5.92 Å². The number of nitrogen functional groups attached to an aromatic ring is 1. The second kappa shape index (κ2) is 5.99. The Hall–Kier alpha value is -2.14. The van der Waals surface area contributed by atoms with Gasteiger partial charge in [-0.25, -0.2) is 4.98 Å². The Morgan fingerprint density at radius 1 is 1.28 bits per heavy atom. The van der Waals surface area contributed by atoms with Crippen LogP contribution in [-0.2, 0) is 0 Å². The molecule has 0 spiro atoms. The quantitative estimate of drug-likeness (QED) is 0.700. The number of likely N-dealkylation sites (tertiary alicyclic amines) is 1. The van der Waals surface area contributed by atoms with Gasteiger partial charge in [-0.05, 0) is 61.9 Å². The molecule has 0 unspecified atom stereocenters. The molecule has 4 rings (SSSR count). The number of nitrogens with two attached hydrogens (primary N) is 1. The summed E-state index contributed by atoms with van der Waals surface area (Å²) >= 11 is 1.42. The van der Waals surface area contributed by atoms with Crippen LogP contribution in [-0.4, -0.2) is 28.9 Å². The number of carbonyl (C=O) groups excluding carboxylic acids is 1. The number of thiophene rings is 1. The average Bonchev–Trinajstić information content (AvgIpc) is 2.90.